The van der Waals surface area contributed by atoms with Gasteiger partial charge in [-0.2, -0.15) is 11.8 Å². The molecule has 0 amide bonds. The quantitative estimate of drug-likeness (QED) is 0.358. The number of sulfonamides is 1. The Morgan fingerprint density at radius 1 is 1.33 bits per heavy atom. The van der Waals surface area contributed by atoms with Crippen LogP contribution in [-0.2, 0) is 10.0 Å². The molecule has 1 aliphatic heterocycles. The second-order valence-corrected chi connectivity index (χ2v) is 8.20. The van der Waals surface area contributed by atoms with Gasteiger partial charge in [0.05, 0.1) is 12.3 Å². The average molecular weight is 450 g/mol. The van der Waals surface area contributed by atoms with Crippen molar-refractivity contribution in [3.8, 4) is 0 Å². The molecule has 1 rings (SSSR count). The summed E-state index contributed by atoms with van der Waals surface area (Å²) in [6.45, 7) is 8.33. The lowest BCUT2D eigenvalue weighted by molar-refractivity contribution is 0.444. The van der Waals surface area contributed by atoms with Crippen LogP contribution in [0.1, 0.15) is 20.8 Å². The first-order valence-corrected chi connectivity index (χ1v) is 9.82. The zero-order valence-electron chi connectivity index (χ0n) is 13.0. The monoisotopic (exact) mass is 450 g/mol. The first kappa shape index (κ1) is 21.3. The van der Waals surface area contributed by atoms with Crippen molar-refractivity contribution in [2.24, 2.45) is 4.99 Å². The van der Waals surface area contributed by atoms with E-state index in [0.717, 1.165) is 18.1 Å². The molecule has 126 valence electrons. The van der Waals surface area contributed by atoms with Crippen molar-refractivity contribution in [2.75, 3.05) is 43.4 Å². The van der Waals surface area contributed by atoms with Gasteiger partial charge >= 0.3 is 0 Å². The third-order valence-electron chi connectivity index (χ3n) is 2.75. The van der Waals surface area contributed by atoms with Crippen LogP contribution < -0.4 is 10.6 Å². The van der Waals surface area contributed by atoms with E-state index in [2.05, 4.69) is 15.6 Å². The molecule has 6 nitrogen and oxygen atoms in total. The summed E-state index contributed by atoms with van der Waals surface area (Å²) in [6, 6.07) is 0.267. The van der Waals surface area contributed by atoms with Gasteiger partial charge < -0.3 is 10.6 Å². The van der Waals surface area contributed by atoms with Crippen LogP contribution in [0.15, 0.2) is 4.99 Å². The fourth-order valence-electron chi connectivity index (χ4n) is 1.82. The Kier molecular flexibility index (Phi) is 11.0. The van der Waals surface area contributed by atoms with Crippen molar-refractivity contribution >= 4 is 51.7 Å². The highest BCUT2D eigenvalue weighted by atomic mass is 127. The Morgan fingerprint density at radius 3 is 2.48 bits per heavy atom. The molecular formula is C12H27IN4O2S2. The molecule has 2 N–H and O–H groups in total. The van der Waals surface area contributed by atoms with Gasteiger partial charge in [0, 0.05) is 37.2 Å². The summed E-state index contributed by atoms with van der Waals surface area (Å²) < 4.78 is 25.9. The van der Waals surface area contributed by atoms with Crippen molar-refractivity contribution in [3.05, 3.63) is 0 Å². The molecule has 0 aliphatic carbocycles. The molecule has 0 spiro atoms. The van der Waals surface area contributed by atoms with Crippen molar-refractivity contribution in [1.29, 1.82) is 0 Å². The number of rotatable bonds is 6. The van der Waals surface area contributed by atoms with Crippen molar-refractivity contribution in [3.63, 3.8) is 0 Å². The zero-order chi connectivity index (χ0) is 15.0. The maximum atomic E-state index is 12.2. The Labute approximate surface area is 150 Å². The van der Waals surface area contributed by atoms with Gasteiger partial charge in [-0.25, -0.2) is 12.7 Å². The third kappa shape index (κ3) is 8.46. The summed E-state index contributed by atoms with van der Waals surface area (Å²) in [7, 11) is -3.17. The minimum Gasteiger partial charge on any atom is -0.357 e. The number of hydrogen-bond donors (Lipinski definition) is 2. The van der Waals surface area contributed by atoms with Crippen LogP contribution in [0.3, 0.4) is 0 Å². The van der Waals surface area contributed by atoms with Gasteiger partial charge in [-0.15, -0.1) is 24.0 Å². The lowest BCUT2D eigenvalue weighted by atomic mass is 10.4. The van der Waals surface area contributed by atoms with E-state index in [0.29, 0.717) is 19.0 Å². The predicted molar refractivity (Wildman–Crippen MR) is 102 cm³/mol. The van der Waals surface area contributed by atoms with Gasteiger partial charge in [0.2, 0.25) is 10.0 Å². The second kappa shape index (κ2) is 10.9. The molecule has 0 radical (unpaired) electrons. The van der Waals surface area contributed by atoms with Crippen LogP contribution in [0, 0.1) is 0 Å². The van der Waals surface area contributed by atoms with Crippen LogP contribution in [0.2, 0.25) is 0 Å². The summed E-state index contributed by atoms with van der Waals surface area (Å²) in [4.78, 5) is 4.32. The van der Waals surface area contributed by atoms with Gasteiger partial charge in [-0.3, -0.25) is 4.99 Å². The molecule has 0 atom stereocenters. The first-order chi connectivity index (χ1) is 9.45. The number of guanidine groups is 1. The molecule has 1 heterocycles. The topological polar surface area (TPSA) is 73.8 Å². The van der Waals surface area contributed by atoms with Gasteiger partial charge in [0.25, 0.3) is 0 Å². The summed E-state index contributed by atoms with van der Waals surface area (Å²) >= 11 is 1.80. The lowest BCUT2D eigenvalue weighted by Crippen LogP contribution is -2.42. The number of halogens is 1. The molecule has 9 heteroatoms. The largest absolute Gasteiger partial charge is 0.357 e. The molecule has 1 aliphatic rings. The van der Waals surface area contributed by atoms with Gasteiger partial charge in [-0.05, 0) is 20.8 Å². The fraction of sp³-hybridized carbons (Fsp3) is 0.917. The maximum Gasteiger partial charge on any atom is 0.215 e. The number of hydrogen-bond acceptors (Lipinski definition) is 4. The standard InChI is InChI=1S/C12H26N4O2S2.HI/c1-4-13-12(15-11(2)3)14-5-10-20(17,18)16-6-8-19-9-7-16;/h11H,4-10H2,1-3H3,(H2,13,14,15);1H. The van der Waals surface area contributed by atoms with Gasteiger partial charge in [0.1, 0.15) is 0 Å². The molecule has 0 saturated carbocycles. The maximum absolute atomic E-state index is 12.2. The highest BCUT2D eigenvalue weighted by molar-refractivity contribution is 14.0. The second-order valence-electron chi connectivity index (χ2n) is 4.89. The Morgan fingerprint density at radius 2 is 1.95 bits per heavy atom. The summed E-state index contributed by atoms with van der Waals surface area (Å²) in [6.07, 6.45) is 0. The molecule has 1 fully saturated rings. The lowest BCUT2D eigenvalue weighted by Gasteiger charge is -2.25. The smallest absolute Gasteiger partial charge is 0.215 e. The highest BCUT2D eigenvalue weighted by Gasteiger charge is 2.23. The van der Waals surface area contributed by atoms with Crippen LogP contribution in [0.4, 0.5) is 0 Å². The van der Waals surface area contributed by atoms with E-state index < -0.39 is 10.0 Å². The number of nitrogens with one attached hydrogen (secondary N) is 2. The molecule has 0 unspecified atom stereocenters. The highest BCUT2D eigenvalue weighted by Crippen LogP contribution is 2.13. The van der Waals surface area contributed by atoms with Gasteiger partial charge in [-0.1, -0.05) is 0 Å². The van der Waals surface area contributed by atoms with Crippen molar-refractivity contribution < 1.29 is 8.42 Å². The molecule has 0 aromatic heterocycles. The normalized spacial score (nSPS) is 17.4. The van der Waals surface area contributed by atoms with Crippen LogP contribution in [-0.4, -0.2) is 68.2 Å². The fourth-order valence-corrected chi connectivity index (χ4v) is 4.27. The number of nitrogens with zero attached hydrogens (tertiary/aromatic N) is 2. The number of thioether (sulfide) groups is 1. The molecule has 0 aromatic rings. The Bertz CT molecular complexity index is 409. The molecular weight excluding hydrogens is 423 g/mol. The van der Waals surface area contributed by atoms with E-state index in [-0.39, 0.29) is 42.3 Å². The molecule has 0 aromatic carbocycles. The SMILES string of the molecule is CCNC(=NCCS(=O)(=O)N1CCSCC1)NC(C)C.I. The average Bonchev–Trinajstić information content (AvgIpc) is 2.39. The first-order valence-electron chi connectivity index (χ1n) is 7.06. The Hall–Kier alpha value is 0.260. The minimum atomic E-state index is -3.17. The van der Waals surface area contributed by atoms with Crippen LogP contribution >= 0.6 is 35.7 Å². The van der Waals surface area contributed by atoms with E-state index in [9.17, 15) is 8.42 Å². The minimum absolute atomic E-state index is 0. The third-order valence-corrected chi connectivity index (χ3v) is 5.55. The van der Waals surface area contributed by atoms with E-state index in [1.54, 1.807) is 16.1 Å². The number of aliphatic imine (C=N–C) groups is 1. The van der Waals surface area contributed by atoms with E-state index >= 15 is 0 Å². The predicted octanol–water partition coefficient (Wildman–Crippen LogP) is 0.947. The zero-order valence-corrected chi connectivity index (χ0v) is 16.9. The molecule has 0 bridgehead atoms. The molecule has 21 heavy (non-hydrogen) atoms. The van der Waals surface area contributed by atoms with E-state index in [4.69, 9.17) is 0 Å². The van der Waals surface area contributed by atoms with Gasteiger partial charge in [0.15, 0.2) is 5.96 Å². The molecule has 1 saturated heterocycles. The van der Waals surface area contributed by atoms with Crippen molar-refractivity contribution in [2.45, 2.75) is 26.8 Å². The van der Waals surface area contributed by atoms with Crippen LogP contribution in [0.25, 0.3) is 0 Å². The Balaban J connectivity index is 0.00000400. The van der Waals surface area contributed by atoms with E-state index in [1.165, 1.54) is 0 Å². The summed E-state index contributed by atoms with van der Waals surface area (Å²) in [5.74, 6) is 2.53. The van der Waals surface area contributed by atoms with E-state index in [1.807, 2.05) is 20.8 Å². The van der Waals surface area contributed by atoms with Crippen molar-refractivity contribution in [1.82, 2.24) is 14.9 Å². The summed E-state index contributed by atoms with van der Waals surface area (Å²) in [5.41, 5.74) is 0. The summed E-state index contributed by atoms with van der Waals surface area (Å²) in [5, 5.41) is 6.28. The van der Waals surface area contributed by atoms with Crippen LogP contribution in [0.5, 0.6) is 0 Å².